The van der Waals surface area contributed by atoms with Crippen LogP contribution in [0, 0.1) is 6.92 Å². The predicted octanol–water partition coefficient (Wildman–Crippen LogP) is 3.70. The fourth-order valence-electron chi connectivity index (χ4n) is 1.74. The Labute approximate surface area is 88.6 Å². The molecule has 2 aromatic rings. The van der Waals surface area contributed by atoms with Crippen LogP contribution in [0.4, 0.5) is 0 Å². The Morgan fingerprint density at radius 3 is 2.93 bits per heavy atom. The minimum absolute atomic E-state index is 0.836. The molecule has 72 valence electrons. The largest absolute Gasteiger partial charge is 0.341 e. The Morgan fingerprint density at radius 2 is 2.14 bits per heavy atom. The van der Waals surface area contributed by atoms with E-state index in [0.29, 0.717) is 0 Å². The van der Waals surface area contributed by atoms with Gasteiger partial charge in [0, 0.05) is 23.3 Å². The molecule has 1 nitrogen and oxygen atoms in total. The highest BCUT2D eigenvalue weighted by atomic mass is 35.5. The van der Waals surface area contributed by atoms with E-state index in [0.717, 1.165) is 6.54 Å². The maximum atomic E-state index is 5.53. The molecule has 0 fully saturated rings. The summed E-state index contributed by atoms with van der Waals surface area (Å²) in [6.45, 7) is 2.95. The van der Waals surface area contributed by atoms with E-state index in [4.69, 9.17) is 11.6 Å². The van der Waals surface area contributed by atoms with Crippen LogP contribution in [0.5, 0.6) is 0 Å². The van der Waals surface area contributed by atoms with Crippen molar-refractivity contribution in [2.24, 2.45) is 0 Å². The summed E-state index contributed by atoms with van der Waals surface area (Å²) in [7, 11) is 0. The first-order valence-corrected chi connectivity index (χ1v) is 5.06. The number of nitrogens with zero attached hydrogens (tertiary/aromatic N) is 1. The van der Waals surface area contributed by atoms with E-state index >= 15 is 0 Å². The number of halogens is 1. The summed E-state index contributed by atoms with van der Waals surface area (Å²) >= 11 is 5.53. The summed E-state index contributed by atoms with van der Waals surface area (Å²) in [5.74, 6) is 0. The van der Waals surface area contributed by atoms with E-state index in [1.807, 2.05) is 6.08 Å². The third-order valence-electron chi connectivity index (χ3n) is 2.39. The van der Waals surface area contributed by atoms with Crippen molar-refractivity contribution in [1.29, 1.82) is 0 Å². The fourth-order valence-corrected chi connectivity index (χ4v) is 1.82. The highest BCUT2D eigenvalue weighted by molar-refractivity contribution is 6.25. The molecule has 0 unspecified atom stereocenters. The molecule has 0 bridgehead atoms. The van der Waals surface area contributed by atoms with Gasteiger partial charge in [0.2, 0.25) is 0 Å². The molecule has 0 spiro atoms. The Morgan fingerprint density at radius 1 is 1.36 bits per heavy atom. The molecule has 0 N–H and O–H groups in total. The van der Waals surface area contributed by atoms with Crippen LogP contribution in [0.3, 0.4) is 0 Å². The summed E-state index contributed by atoms with van der Waals surface area (Å²) in [5, 5.41) is 1.29. The van der Waals surface area contributed by atoms with E-state index in [9.17, 15) is 0 Å². The predicted molar refractivity (Wildman–Crippen MR) is 61.7 cm³/mol. The zero-order chi connectivity index (χ0) is 9.97. The Balaban J connectivity index is 2.56. The van der Waals surface area contributed by atoms with Gasteiger partial charge in [-0.2, -0.15) is 0 Å². The Kier molecular flexibility index (Phi) is 2.60. The third kappa shape index (κ3) is 1.55. The summed E-state index contributed by atoms with van der Waals surface area (Å²) in [6, 6.07) is 10.6. The standard InChI is InChI=1S/C12H12ClN/c1-10-9-11-5-2-3-6-12(11)14(10)8-4-7-13/h2-7,9H,8H2,1H3. The lowest BCUT2D eigenvalue weighted by atomic mass is 10.2. The molecule has 1 aromatic heterocycles. The first-order chi connectivity index (χ1) is 6.83. The molecule has 0 atom stereocenters. The zero-order valence-electron chi connectivity index (χ0n) is 8.07. The van der Waals surface area contributed by atoms with Gasteiger partial charge in [0.05, 0.1) is 0 Å². The van der Waals surface area contributed by atoms with Crippen LogP contribution < -0.4 is 0 Å². The number of allylic oxidation sites excluding steroid dienone is 1. The van der Waals surface area contributed by atoms with Gasteiger partial charge in [0.1, 0.15) is 0 Å². The summed E-state index contributed by atoms with van der Waals surface area (Å²) < 4.78 is 2.24. The van der Waals surface area contributed by atoms with Gasteiger partial charge >= 0.3 is 0 Å². The number of hydrogen-bond donors (Lipinski definition) is 0. The molecule has 0 saturated carbocycles. The molecule has 0 aliphatic carbocycles. The number of hydrogen-bond acceptors (Lipinski definition) is 0. The molecule has 2 rings (SSSR count). The van der Waals surface area contributed by atoms with Crippen LogP contribution in [-0.2, 0) is 6.54 Å². The molecule has 14 heavy (non-hydrogen) atoms. The lowest BCUT2D eigenvalue weighted by Gasteiger charge is -2.03. The monoisotopic (exact) mass is 205 g/mol. The van der Waals surface area contributed by atoms with Crippen molar-refractivity contribution < 1.29 is 0 Å². The summed E-state index contributed by atoms with van der Waals surface area (Å²) in [6.07, 6.45) is 1.95. The van der Waals surface area contributed by atoms with Crippen LogP contribution in [0.1, 0.15) is 5.69 Å². The molecular weight excluding hydrogens is 194 g/mol. The van der Waals surface area contributed by atoms with Crippen LogP contribution in [0.15, 0.2) is 41.9 Å². The topological polar surface area (TPSA) is 4.93 Å². The van der Waals surface area contributed by atoms with E-state index in [-0.39, 0.29) is 0 Å². The average molecular weight is 206 g/mol. The van der Waals surface area contributed by atoms with Gasteiger partial charge in [-0.25, -0.2) is 0 Å². The molecular formula is C12H12ClN. The smallest absolute Gasteiger partial charge is 0.0485 e. The average Bonchev–Trinajstić information content (AvgIpc) is 2.51. The van der Waals surface area contributed by atoms with Gasteiger partial charge in [-0.1, -0.05) is 35.9 Å². The molecule has 0 aliphatic heterocycles. The van der Waals surface area contributed by atoms with Crippen molar-refractivity contribution in [2.45, 2.75) is 13.5 Å². The van der Waals surface area contributed by atoms with Gasteiger partial charge < -0.3 is 4.57 Å². The zero-order valence-corrected chi connectivity index (χ0v) is 8.83. The number of aromatic nitrogens is 1. The van der Waals surface area contributed by atoms with Gasteiger partial charge in [-0.05, 0) is 24.4 Å². The first-order valence-electron chi connectivity index (χ1n) is 4.63. The van der Waals surface area contributed by atoms with Crippen molar-refractivity contribution >= 4 is 22.5 Å². The minimum Gasteiger partial charge on any atom is -0.341 e. The van der Waals surface area contributed by atoms with Gasteiger partial charge in [-0.3, -0.25) is 0 Å². The Bertz CT molecular complexity index is 468. The molecule has 0 saturated heterocycles. The maximum absolute atomic E-state index is 5.53. The van der Waals surface area contributed by atoms with Crippen molar-refractivity contribution in [3.05, 3.63) is 47.6 Å². The van der Waals surface area contributed by atoms with E-state index in [1.54, 1.807) is 5.54 Å². The number of benzene rings is 1. The fraction of sp³-hybridized carbons (Fsp3) is 0.167. The SMILES string of the molecule is Cc1cc2ccccc2n1CC=CCl. The normalized spacial score (nSPS) is 11.6. The van der Waals surface area contributed by atoms with Crippen molar-refractivity contribution in [3.63, 3.8) is 0 Å². The van der Waals surface area contributed by atoms with Crippen LogP contribution >= 0.6 is 11.6 Å². The van der Waals surface area contributed by atoms with Crippen molar-refractivity contribution in [1.82, 2.24) is 4.57 Å². The second kappa shape index (κ2) is 3.89. The second-order valence-corrected chi connectivity index (χ2v) is 3.57. The summed E-state index contributed by atoms with van der Waals surface area (Å²) in [4.78, 5) is 0. The molecule has 0 aliphatic rings. The highest BCUT2D eigenvalue weighted by Crippen LogP contribution is 2.18. The molecule has 2 heteroatoms. The van der Waals surface area contributed by atoms with E-state index in [2.05, 4.69) is 41.8 Å². The lowest BCUT2D eigenvalue weighted by Crippen LogP contribution is -1.96. The Hall–Kier alpha value is -1.21. The van der Waals surface area contributed by atoms with E-state index in [1.165, 1.54) is 16.6 Å². The molecule has 0 radical (unpaired) electrons. The van der Waals surface area contributed by atoms with Crippen LogP contribution in [0.2, 0.25) is 0 Å². The number of fused-ring (bicyclic) bond motifs is 1. The van der Waals surface area contributed by atoms with Crippen molar-refractivity contribution in [2.75, 3.05) is 0 Å². The third-order valence-corrected chi connectivity index (χ3v) is 2.57. The van der Waals surface area contributed by atoms with Crippen LogP contribution in [0.25, 0.3) is 10.9 Å². The quantitative estimate of drug-likeness (QED) is 0.705. The number of aryl methyl sites for hydroxylation is 1. The van der Waals surface area contributed by atoms with Gasteiger partial charge in [-0.15, -0.1) is 0 Å². The van der Waals surface area contributed by atoms with Crippen molar-refractivity contribution in [3.8, 4) is 0 Å². The highest BCUT2D eigenvalue weighted by Gasteiger charge is 2.02. The maximum Gasteiger partial charge on any atom is 0.0485 e. The van der Waals surface area contributed by atoms with E-state index < -0.39 is 0 Å². The first kappa shape index (κ1) is 9.35. The van der Waals surface area contributed by atoms with Gasteiger partial charge in [0.25, 0.3) is 0 Å². The number of rotatable bonds is 2. The molecule has 0 amide bonds. The molecule has 1 aromatic carbocycles. The van der Waals surface area contributed by atoms with Crippen LogP contribution in [-0.4, -0.2) is 4.57 Å². The second-order valence-electron chi connectivity index (χ2n) is 3.32. The van der Waals surface area contributed by atoms with Gasteiger partial charge in [0.15, 0.2) is 0 Å². The minimum atomic E-state index is 0.836. The molecule has 1 heterocycles. The lowest BCUT2D eigenvalue weighted by molar-refractivity contribution is 0.829. The summed E-state index contributed by atoms with van der Waals surface area (Å²) in [5.41, 5.74) is 4.09. The number of para-hydroxylation sites is 1.